The molecule has 3 fully saturated rings. The fourth-order valence-corrected chi connectivity index (χ4v) is 5.33. The van der Waals surface area contributed by atoms with Crippen molar-refractivity contribution in [2.45, 2.75) is 82.6 Å². The normalized spacial score (nSPS) is 24.8. The molecule has 0 aromatic heterocycles. The number of nitrogens with zero attached hydrogens (tertiary/aromatic N) is 1. The monoisotopic (exact) mass is 413 g/mol. The average molecular weight is 414 g/mol. The summed E-state index contributed by atoms with van der Waals surface area (Å²) in [5.74, 6) is 1.43. The second kappa shape index (κ2) is 8.97. The van der Waals surface area contributed by atoms with Crippen molar-refractivity contribution in [3.05, 3.63) is 29.3 Å². The van der Waals surface area contributed by atoms with Gasteiger partial charge in [-0.15, -0.1) is 0 Å². The van der Waals surface area contributed by atoms with Crippen LogP contribution in [-0.2, 0) is 27.3 Å². The molecule has 0 unspecified atom stereocenters. The first-order valence-electron chi connectivity index (χ1n) is 12.0. The maximum atomic E-state index is 12.4. The van der Waals surface area contributed by atoms with E-state index in [0.717, 1.165) is 75.8 Å². The summed E-state index contributed by atoms with van der Waals surface area (Å²) in [7, 11) is 0. The van der Waals surface area contributed by atoms with E-state index in [4.69, 9.17) is 14.2 Å². The molecule has 0 atom stereocenters. The summed E-state index contributed by atoms with van der Waals surface area (Å²) in [4.78, 5) is 15.0. The molecule has 0 N–H and O–H groups in total. The zero-order chi connectivity index (χ0) is 20.4. The molecule has 164 valence electrons. The highest BCUT2D eigenvalue weighted by Crippen LogP contribution is 2.39. The zero-order valence-electron chi connectivity index (χ0n) is 18.1. The van der Waals surface area contributed by atoms with E-state index in [1.807, 2.05) is 0 Å². The Bertz CT molecular complexity index is 746. The van der Waals surface area contributed by atoms with E-state index in [0.29, 0.717) is 31.1 Å². The van der Waals surface area contributed by atoms with Gasteiger partial charge in [0, 0.05) is 63.6 Å². The fraction of sp³-hybridized carbons (Fsp3) is 0.720. The molecule has 0 bridgehead atoms. The van der Waals surface area contributed by atoms with Gasteiger partial charge >= 0.3 is 0 Å². The van der Waals surface area contributed by atoms with Crippen molar-refractivity contribution in [1.29, 1.82) is 0 Å². The first kappa shape index (κ1) is 20.5. The molecule has 2 saturated heterocycles. The fourth-order valence-electron chi connectivity index (χ4n) is 5.33. The molecule has 3 aliphatic heterocycles. The maximum Gasteiger partial charge on any atom is 0.213 e. The van der Waals surface area contributed by atoms with Crippen LogP contribution in [0.3, 0.4) is 0 Å². The first-order chi connectivity index (χ1) is 14.7. The van der Waals surface area contributed by atoms with Gasteiger partial charge in [0.25, 0.3) is 0 Å². The van der Waals surface area contributed by atoms with Gasteiger partial charge in [0.1, 0.15) is 11.5 Å². The Balaban J connectivity index is 1.12. The third-order valence-electron chi connectivity index (χ3n) is 7.61. The quantitative estimate of drug-likeness (QED) is 0.697. The maximum absolute atomic E-state index is 12.4. The molecular weight excluding hydrogens is 378 g/mol. The molecule has 5 heteroatoms. The summed E-state index contributed by atoms with van der Waals surface area (Å²) in [6.45, 7) is 4.38. The van der Waals surface area contributed by atoms with Gasteiger partial charge in [0.05, 0.1) is 6.61 Å². The van der Waals surface area contributed by atoms with Gasteiger partial charge in [-0.2, -0.15) is 0 Å². The molecule has 5 nitrogen and oxygen atoms in total. The Hall–Kier alpha value is -1.43. The number of likely N-dealkylation sites (tertiary alicyclic amines) is 1. The molecule has 5 rings (SSSR count). The lowest BCUT2D eigenvalue weighted by Gasteiger charge is -2.47. The van der Waals surface area contributed by atoms with Crippen molar-refractivity contribution in [3.63, 3.8) is 0 Å². The number of Topliss-reactive ketones (excluding diaryl/α,β-unsaturated/α-hetero) is 1. The number of ketones is 1. The summed E-state index contributed by atoms with van der Waals surface area (Å²) < 4.78 is 18.1. The van der Waals surface area contributed by atoms with Crippen LogP contribution < -0.4 is 4.74 Å². The predicted octanol–water partition coefficient (Wildman–Crippen LogP) is 4.26. The molecule has 1 spiro atoms. The molecule has 0 radical (unpaired) electrons. The topological polar surface area (TPSA) is 48.0 Å². The first-order valence-corrected chi connectivity index (χ1v) is 12.0. The smallest absolute Gasteiger partial charge is 0.213 e. The Morgan fingerprint density at radius 3 is 2.63 bits per heavy atom. The van der Waals surface area contributed by atoms with E-state index in [9.17, 15) is 4.79 Å². The average Bonchev–Trinajstić information content (AvgIpc) is 2.73. The van der Waals surface area contributed by atoms with Gasteiger partial charge < -0.3 is 14.2 Å². The van der Waals surface area contributed by atoms with Crippen LogP contribution in [0.1, 0.15) is 68.9 Å². The SMILES string of the molecule is O=C(CCc1ccc2c(c1)COC1(CCN(C3CCC3)CC1)O2)CC1CCOCC1. The summed E-state index contributed by atoms with van der Waals surface area (Å²) >= 11 is 0. The van der Waals surface area contributed by atoms with Crippen LogP contribution >= 0.6 is 0 Å². The van der Waals surface area contributed by atoms with E-state index in [1.165, 1.54) is 24.8 Å². The number of hydrogen-bond donors (Lipinski definition) is 0. The third-order valence-corrected chi connectivity index (χ3v) is 7.61. The number of aryl methyl sites for hydroxylation is 1. The number of ether oxygens (including phenoxy) is 3. The lowest BCUT2D eigenvalue weighted by Crippen LogP contribution is -2.54. The largest absolute Gasteiger partial charge is 0.462 e. The molecule has 1 aliphatic carbocycles. The van der Waals surface area contributed by atoms with Gasteiger partial charge in [-0.05, 0) is 55.7 Å². The van der Waals surface area contributed by atoms with E-state index in [2.05, 4.69) is 23.1 Å². The molecule has 1 saturated carbocycles. The zero-order valence-corrected chi connectivity index (χ0v) is 18.1. The minimum absolute atomic E-state index is 0.379. The number of fused-ring (bicyclic) bond motifs is 1. The van der Waals surface area contributed by atoms with Crippen LogP contribution in [0.2, 0.25) is 0 Å². The molecular formula is C25H35NO4. The van der Waals surface area contributed by atoms with E-state index < -0.39 is 5.79 Å². The van der Waals surface area contributed by atoms with Crippen molar-refractivity contribution in [2.24, 2.45) is 5.92 Å². The van der Waals surface area contributed by atoms with Crippen LogP contribution in [0, 0.1) is 5.92 Å². The van der Waals surface area contributed by atoms with Crippen LogP contribution in [0.15, 0.2) is 18.2 Å². The highest BCUT2D eigenvalue weighted by atomic mass is 16.7. The standard InChI is InChI=1S/C25H35NO4/c27-23(17-20-8-14-28-15-9-20)6-4-19-5-7-24-21(16-19)18-29-25(30-24)10-12-26(13-11-25)22-2-1-3-22/h5,7,16,20,22H,1-4,6,8-15,17-18H2. The highest BCUT2D eigenvalue weighted by Gasteiger charge is 2.42. The number of rotatable bonds is 6. The Labute approximate surface area is 180 Å². The number of piperidine rings is 1. The highest BCUT2D eigenvalue weighted by molar-refractivity contribution is 5.78. The van der Waals surface area contributed by atoms with Gasteiger partial charge in [-0.25, -0.2) is 0 Å². The van der Waals surface area contributed by atoms with Gasteiger partial charge in [0.15, 0.2) is 0 Å². The van der Waals surface area contributed by atoms with Crippen LogP contribution in [0.25, 0.3) is 0 Å². The summed E-state index contributed by atoms with van der Waals surface area (Å²) in [6, 6.07) is 7.20. The van der Waals surface area contributed by atoms with E-state index in [1.54, 1.807) is 0 Å². The summed E-state index contributed by atoms with van der Waals surface area (Å²) in [5, 5.41) is 0. The minimum Gasteiger partial charge on any atom is -0.462 e. The van der Waals surface area contributed by atoms with Gasteiger partial charge in [-0.3, -0.25) is 9.69 Å². The number of benzene rings is 1. The van der Waals surface area contributed by atoms with Crippen molar-refractivity contribution in [3.8, 4) is 5.75 Å². The molecule has 3 heterocycles. The van der Waals surface area contributed by atoms with E-state index >= 15 is 0 Å². The van der Waals surface area contributed by atoms with Crippen molar-refractivity contribution < 1.29 is 19.0 Å². The second-order valence-corrected chi connectivity index (χ2v) is 9.66. The number of carbonyl (C=O) groups is 1. The molecule has 1 aromatic rings. The molecule has 4 aliphatic rings. The van der Waals surface area contributed by atoms with Crippen molar-refractivity contribution >= 4 is 5.78 Å². The van der Waals surface area contributed by atoms with Crippen molar-refractivity contribution in [2.75, 3.05) is 26.3 Å². The third kappa shape index (κ3) is 4.58. The summed E-state index contributed by atoms with van der Waals surface area (Å²) in [5.41, 5.74) is 2.33. The van der Waals surface area contributed by atoms with Crippen LogP contribution in [-0.4, -0.2) is 48.8 Å². The minimum atomic E-state index is -0.436. The molecule has 30 heavy (non-hydrogen) atoms. The molecule has 0 amide bonds. The summed E-state index contributed by atoms with van der Waals surface area (Å²) in [6.07, 6.45) is 10.2. The lowest BCUT2D eigenvalue weighted by atomic mass is 9.89. The Morgan fingerprint density at radius 2 is 1.90 bits per heavy atom. The predicted molar refractivity (Wildman–Crippen MR) is 115 cm³/mol. The second-order valence-electron chi connectivity index (χ2n) is 9.66. The van der Waals surface area contributed by atoms with Crippen LogP contribution in [0.5, 0.6) is 5.75 Å². The van der Waals surface area contributed by atoms with Crippen molar-refractivity contribution in [1.82, 2.24) is 4.90 Å². The number of hydrogen-bond acceptors (Lipinski definition) is 5. The number of carbonyl (C=O) groups excluding carboxylic acids is 1. The lowest BCUT2D eigenvalue weighted by molar-refractivity contribution is -0.231. The van der Waals surface area contributed by atoms with Crippen LogP contribution in [0.4, 0.5) is 0 Å². The Morgan fingerprint density at radius 1 is 1.10 bits per heavy atom. The van der Waals surface area contributed by atoms with E-state index in [-0.39, 0.29) is 0 Å². The van der Waals surface area contributed by atoms with Gasteiger partial charge in [0.2, 0.25) is 5.79 Å². The Kier molecular flexibility index (Phi) is 6.12. The van der Waals surface area contributed by atoms with Gasteiger partial charge in [-0.1, -0.05) is 12.5 Å². The molecule has 1 aromatic carbocycles.